The van der Waals surface area contributed by atoms with Crippen molar-refractivity contribution in [3.8, 4) is 0 Å². The van der Waals surface area contributed by atoms with E-state index in [0.29, 0.717) is 25.8 Å². The van der Waals surface area contributed by atoms with E-state index in [1.54, 1.807) is 67.5 Å². The van der Waals surface area contributed by atoms with Crippen molar-refractivity contribution in [1.29, 1.82) is 0 Å². The monoisotopic (exact) mass is 1260 g/mol. The van der Waals surface area contributed by atoms with Crippen LogP contribution >= 0.6 is 0 Å². The van der Waals surface area contributed by atoms with Crippen molar-refractivity contribution in [2.75, 3.05) is 69.0 Å². The van der Waals surface area contributed by atoms with Crippen molar-refractivity contribution in [2.24, 2.45) is 41.2 Å². The summed E-state index contributed by atoms with van der Waals surface area (Å²) in [5.41, 5.74) is 5.74. The number of carbonyl (C=O) groups is 11. The lowest BCUT2D eigenvalue weighted by Gasteiger charge is -2.41. The number of amides is 11. The third-order valence-corrected chi connectivity index (χ3v) is 16.7. The summed E-state index contributed by atoms with van der Waals surface area (Å²) in [5, 5.41) is 23.1. The highest BCUT2D eigenvalue weighted by Crippen LogP contribution is 2.26. The van der Waals surface area contributed by atoms with Gasteiger partial charge >= 0.3 is 0 Å². The lowest BCUT2D eigenvalue weighted by Crippen LogP contribution is -2.63. The van der Waals surface area contributed by atoms with Gasteiger partial charge < -0.3 is 71.1 Å². The summed E-state index contributed by atoms with van der Waals surface area (Å²) < 4.78 is 6.12. The van der Waals surface area contributed by atoms with E-state index in [2.05, 4.69) is 21.3 Å². The van der Waals surface area contributed by atoms with E-state index in [-0.39, 0.29) is 50.0 Å². The number of hydrogen-bond acceptors (Lipinski definition) is 14. The Morgan fingerprint density at radius 1 is 0.528 bits per heavy atom. The molecular weight excluding hydrogens is 1140 g/mol. The zero-order chi connectivity index (χ0) is 68.8. The highest BCUT2D eigenvalue weighted by molar-refractivity contribution is 5.99. The smallest absolute Gasteiger partial charge is 0.246 e. The number of hydrogen-bond donors (Lipinski definition) is 6. The molecule has 11 amide bonds. The number of ether oxygens (including phenoxy) is 1. The quantitative estimate of drug-likeness (QED) is 0.0800. The average molecular weight is 1260 g/mol. The Bertz CT molecular complexity index is 2400. The first-order valence-corrected chi connectivity index (χ1v) is 31.9. The van der Waals surface area contributed by atoms with Gasteiger partial charge in [-0.15, -0.1) is 0 Å². The van der Waals surface area contributed by atoms with Crippen LogP contribution in [0.25, 0.3) is 0 Å². The second-order valence-electron chi connectivity index (χ2n) is 26.5. The Morgan fingerprint density at radius 2 is 1.00 bits per heavy atom. The standard InChI is InChI=1S/C64H116N12O13/c1-24-26-29-41(13)54(78)53-58(82)68-45(25-2)60(84)70(17)35-49(77)74(21)52(44(16)89-31-28-27-30-65)57(81)69-50(39(9)10)63(87)71(18)46(32-36(3)4)56(80)66-42(14)55(79)67-43(15)59(83)72(19)47(33-37(5)6)61(85)73(20)48(34-38(7)8)62(86)75(22)51(40(11)12)64(88)76(53)23/h24,26,36-48,50-54,78H,25,27-35,65H2,1-23H3,(H,66,80)(H,67,79)(H,68,82)(H,69,81)/t41-,42+,43-,44-,45+,46+,47+,48+,50+,51+,52+,53+,54-/m1/s1. The maximum atomic E-state index is 15.2. The molecule has 510 valence electrons. The van der Waals surface area contributed by atoms with E-state index >= 15 is 9.59 Å². The molecule has 0 aromatic rings. The van der Waals surface area contributed by atoms with Gasteiger partial charge in [0, 0.05) is 55.9 Å². The minimum atomic E-state index is -1.63. The Hall–Kier alpha value is -6.21. The van der Waals surface area contributed by atoms with E-state index in [0.717, 1.165) is 14.7 Å². The molecule has 0 radical (unpaired) electrons. The number of aliphatic hydroxyl groups is 1. The molecule has 0 unspecified atom stereocenters. The van der Waals surface area contributed by atoms with Crippen LogP contribution in [0.2, 0.25) is 0 Å². The van der Waals surface area contributed by atoms with E-state index in [9.17, 15) is 48.3 Å². The predicted octanol–water partition coefficient (Wildman–Crippen LogP) is 2.37. The summed E-state index contributed by atoms with van der Waals surface area (Å²) in [4.78, 5) is 170. The molecule has 1 aliphatic rings. The first kappa shape index (κ1) is 80.8. The van der Waals surface area contributed by atoms with Crippen molar-refractivity contribution in [2.45, 2.75) is 228 Å². The van der Waals surface area contributed by atoms with Crippen molar-refractivity contribution in [3.05, 3.63) is 12.2 Å². The molecule has 0 aromatic heterocycles. The third-order valence-electron chi connectivity index (χ3n) is 16.7. The summed E-state index contributed by atoms with van der Waals surface area (Å²) in [6, 6.07) is -12.8. The molecule has 1 saturated heterocycles. The van der Waals surface area contributed by atoms with Gasteiger partial charge in [-0.1, -0.05) is 95.2 Å². The van der Waals surface area contributed by atoms with E-state index < -0.39 is 162 Å². The lowest BCUT2D eigenvalue weighted by atomic mass is 9.91. The maximum absolute atomic E-state index is 15.2. The number of nitrogens with zero attached hydrogens (tertiary/aromatic N) is 7. The van der Waals surface area contributed by atoms with Crippen LogP contribution in [0.15, 0.2) is 12.2 Å². The Kier molecular flexibility index (Phi) is 34.3. The number of likely N-dealkylation sites (N-methyl/N-ethyl adjacent to an activating group) is 7. The van der Waals surface area contributed by atoms with Crippen molar-refractivity contribution >= 4 is 65.0 Å². The van der Waals surface area contributed by atoms with Crippen molar-refractivity contribution < 1.29 is 62.6 Å². The summed E-state index contributed by atoms with van der Waals surface area (Å²) in [7, 11) is 9.79. The molecule has 25 heteroatoms. The Morgan fingerprint density at radius 3 is 1.48 bits per heavy atom. The highest BCUT2D eigenvalue weighted by Gasteiger charge is 2.46. The molecule has 1 heterocycles. The van der Waals surface area contributed by atoms with Gasteiger partial charge in [0.05, 0.1) is 18.8 Å². The van der Waals surface area contributed by atoms with Gasteiger partial charge in [0.1, 0.15) is 60.4 Å². The number of nitrogens with two attached hydrogens (primary N) is 1. The molecule has 1 rings (SSSR count). The third kappa shape index (κ3) is 23.2. The second-order valence-corrected chi connectivity index (χ2v) is 26.5. The van der Waals surface area contributed by atoms with Crippen LogP contribution < -0.4 is 27.0 Å². The largest absolute Gasteiger partial charge is 0.390 e. The number of nitrogens with one attached hydrogen (secondary N) is 4. The molecule has 89 heavy (non-hydrogen) atoms. The van der Waals surface area contributed by atoms with Gasteiger partial charge in [0.2, 0.25) is 65.0 Å². The summed E-state index contributed by atoms with van der Waals surface area (Å²) >= 11 is 0. The molecule has 0 aromatic carbocycles. The van der Waals surface area contributed by atoms with Gasteiger partial charge in [-0.25, -0.2) is 0 Å². The van der Waals surface area contributed by atoms with Crippen molar-refractivity contribution in [3.63, 3.8) is 0 Å². The fourth-order valence-electron chi connectivity index (χ4n) is 11.1. The SMILES string of the molecule is CC=CC[C@@H](C)[C@@H](O)[C@H]1C(=O)N[C@@H](CC)C(=O)N(C)CC(=O)N(C)[C@@H]([C@@H](C)OCCCCN)C(=O)N[C@@H](C(C)C)C(=O)N(C)[C@@H](CC(C)C)C(=O)N[C@@H](C)C(=O)N[C@H](C)C(=O)N(C)[C@@H](CC(C)C)C(=O)N(C)[C@@H](CC(C)C)C(=O)N(C)[C@@H](C(C)C)C(=O)N1C. The van der Waals surface area contributed by atoms with Crippen LogP contribution in [0, 0.1) is 35.5 Å². The van der Waals surface area contributed by atoms with Gasteiger partial charge in [0.25, 0.3) is 0 Å². The molecule has 25 nitrogen and oxygen atoms in total. The molecule has 0 bridgehead atoms. The van der Waals surface area contributed by atoms with Crippen LogP contribution in [-0.4, -0.2) is 246 Å². The summed E-state index contributed by atoms with van der Waals surface area (Å²) in [6.45, 7) is 27.5. The number of allylic oxidation sites excluding steroid dienone is 2. The first-order chi connectivity index (χ1) is 41.3. The fourth-order valence-corrected chi connectivity index (χ4v) is 11.1. The number of unbranched alkanes of at least 4 members (excludes halogenated alkanes) is 1. The van der Waals surface area contributed by atoms with Gasteiger partial charge in [-0.2, -0.15) is 0 Å². The molecule has 1 aliphatic heterocycles. The van der Waals surface area contributed by atoms with Gasteiger partial charge in [-0.3, -0.25) is 52.7 Å². The molecule has 13 atom stereocenters. The molecule has 0 spiro atoms. The van der Waals surface area contributed by atoms with Crippen LogP contribution in [0.5, 0.6) is 0 Å². The Labute approximate surface area is 532 Å². The topological polar surface area (TPSA) is 314 Å². The van der Waals surface area contributed by atoms with Crippen LogP contribution in [-0.2, 0) is 57.5 Å². The Balaban J connectivity index is 4.38. The van der Waals surface area contributed by atoms with E-state index in [1.807, 2.05) is 41.5 Å². The maximum Gasteiger partial charge on any atom is 0.246 e. The average Bonchev–Trinajstić information content (AvgIpc) is 0.987. The number of rotatable bonds is 19. The highest BCUT2D eigenvalue weighted by atomic mass is 16.5. The minimum absolute atomic E-state index is 0.00458. The second kappa shape index (κ2) is 37.8. The van der Waals surface area contributed by atoms with E-state index in [4.69, 9.17) is 10.5 Å². The lowest BCUT2D eigenvalue weighted by molar-refractivity contribution is -0.157. The molecular formula is C64H116N12O13. The summed E-state index contributed by atoms with van der Waals surface area (Å²) in [5.74, 6) is -10.1. The van der Waals surface area contributed by atoms with Crippen LogP contribution in [0.1, 0.15) is 156 Å². The minimum Gasteiger partial charge on any atom is -0.390 e. The number of aliphatic hydroxyl groups excluding tert-OH is 1. The zero-order valence-corrected chi connectivity index (χ0v) is 58.2. The zero-order valence-electron chi connectivity index (χ0n) is 58.2. The fraction of sp³-hybridized carbons (Fsp3) is 0.797. The first-order valence-electron chi connectivity index (χ1n) is 31.9. The van der Waals surface area contributed by atoms with Gasteiger partial charge in [-0.05, 0) is 115 Å². The summed E-state index contributed by atoms with van der Waals surface area (Å²) in [6.07, 6.45) is 2.93. The molecule has 0 saturated carbocycles. The van der Waals surface area contributed by atoms with E-state index in [1.165, 1.54) is 82.8 Å². The molecule has 1 fully saturated rings. The van der Waals surface area contributed by atoms with Crippen LogP contribution in [0.4, 0.5) is 0 Å². The normalized spacial score (nSPS) is 26.5. The predicted molar refractivity (Wildman–Crippen MR) is 343 cm³/mol. The molecule has 7 N–H and O–H groups in total. The van der Waals surface area contributed by atoms with Gasteiger partial charge in [0.15, 0.2) is 0 Å². The van der Waals surface area contributed by atoms with Crippen LogP contribution in [0.3, 0.4) is 0 Å². The number of carbonyl (C=O) groups excluding carboxylic acids is 11. The van der Waals surface area contributed by atoms with Crippen molar-refractivity contribution in [1.82, 2.24) is 55.6 Å². The molecule has 0 aliphatic carbocycles.